The van der Waals surface area contributed by atoms with Crippen molar-refractivity contribution in [1.29, 1.82) is 0 Å². The maximum Gasteiger partial charge on any atom is 0.143 e. The van der Waals surface area contributed by atoms with E-state index in [1.165, 1.54) is 11.3 Å². The third-order valence-corrected chi connectivity index (χ3v) is 3.39. The van der Waals surface area contributed by atoms with Gasteiger partial charge in [0.05, 0.1) is 11.7 Å². The maximum absolute atomic E-state index is 9.03. The summed E-state index contributed by atoms with van der Waals surface area (Å²) in [5.41, 5.74) is 2.40. The summed E-state index contributed by atoms with van der Waals surface area (Å²) < 4.78 is 5.93. The summed E-state index contributed by atoms with van der Waals surface area (Å²) in [7, 11) is 2.09. The van der Waals surface area contributed by atoms with Gasteiger partial charge in [-0.1, -0.05) is 12.1 Å². The fraction of sp³-hybridized carbons (Fsp3) is 0.538. The Morgan fingerprint density at radius 2 is 2.19 bits per heavy atom. The maximum atomic E-state index is 9.03. The van der Waals surface area contributed by atoms with Crippen molar-refractivity contribution < 1.29 is 9.84 Å². The highest BCUT2D eigenvalue weighted by Crippen LogP contribution is 2.38. The van der Waals surface area contributed by atoms with Gasteiger partial charge in [-0.3, -0.25) is 0 Å². The van der Waals surface area contributed by atoms with E-state index in [9.17, 15) is 0 Å². The Kier molecular flexibility index (Phi) is 3.06. The molecule has 0 saturated carbocycles. The first kappa shape index (κ1) is 11.3. The summed E-state index contributed by atoms with van der Waals surface area (Å²) in [6.45, 7) is 4.40. The van der Waals surface area contributed by atoms with Crippen molar-refractivity contribution in [3.8, 4) is 5.75 Å². The molecule has 16 heavy (non-hydrogen) atoms. The third kappa shape index (κ3) is 1.76. The van der Waals surface area contributed by atoms with Gasteiger partial charge in [-0.25, -0.2) is 0 Å². The van der Waals surface area contributed by atoms with Gasteiger partial charge in [0.2, 0.25) is 0 Å². The SMILES string of the molecule is Cc1cccc2c1N(C)C(C)C(CCO)O2. The summed E-state index contributed by atoms with van der Waals surface area (Å²) in [5, 5.41) is 9.03. The van der Waals surface area contributed by atoms with Gasteiger partial charge < -0.3 is 14.7 Å². The minimum atomic E-state index is 0.0734. The molecule has 3 heteroatoms. The second-order valence-electron chi connectivity index (χ2n) is 4.44. The van der Waals surface area contributed by atoms with Gasteiger partial charge in [0.25, 0.3) is 0 Å². The first-order valence-corrected chi connectivity index (χ1v) is 5.75. The van der Waals surface area contributed by atoms with E-state index in [1.807, 2.05) is 12.1 Å². The number of benzene rings is 1. The zero-order valence-corrected chi connectivity index (χ0v) is 10.1. The second kappa shape index (κ2) is 4.34. The number of likely N-dealkylation sites (N-methyl/N-ethyl adjacent to an activating group) is 1. The Bertz CT molecular complexity index is 378. The number of para-hydroxylation sites is 1. The number of nitrogens with zero attached hydrogens (tertiary/aromatic N) is 1. The van der Waals surface area contributed by atoms with Crippen LogP contribution in [0.25, 0.3) is 0 Å². The Hall–Kier alpha value is -1.22. The highest BCUT2D eigenvalue weighted by atomic mass is 16.5. The first-order valence-electron chi connectivity index (χ1n) is 5.75. The van der Waals surface area contributed by atoms with Gasteiger partial charge in [-0.2, -0.15) is 0 Å². The summed E-state index contributed by atoms with van der Waals surface area (Å²) in [5.74, 6) is 0.930. The average Bonchev–Trinajstić information content (AvgIpc) is 2.25. The Labute approximate surface area is 96.6 Å². The van der Waals surface area contributed by atoms with Gasteiger partial charge in [-0.05, 0) is 25.5 Å². The molecule has 0 radical (unpaired) electrons. The van der Waals surface area contributed by atoms with E-state index in [-0.39, 0.29) is 12.7 Å². The largest absolute Gasteiger partial charge is 0.486 e. The van der Waals surface area contributed by atoms with Gasteiger partial charge in [-0.15, -0.1) is 0 Å². The van der Waals surface area contributed by atoms with Gasteiger partial charge in [0.1, 0.15) is 11.9 Å². The summed E-state index contributed by atoms with van der Waals surface area (Å²) in [4.78, 5) is 2.24. The van der Waals surface area contributed by atoms with Crippen LogP contribution in [0.5, 0.6) is 5.75 Å². The molecule has 88 valence electrons. The normalized spacial score (nSPS) is 23.9. The monoisotopic (exact) mass is 221 g/mol. The van der Waals surface area contributed by atoms with Crippen molar-refractivity contribution in [2.24, 2.45) is 0 Å². The number of aliphatic hydroxyl groups excluding tert-OH is 1. The van der Waals surface area contributed by atoms with Crippen LogP contribution < -0.4 is 9.64 Å². The van der Waals surface area contributed by atoms with Crippen molar-refractivity contribution in [2.45, 2.75) is 32.4 Å². The number of hydrogen-bond donors (Lipinski definition) is 1. The minimum Gasteiger partial charge on any atom is -0.486 e. The minimum absolute atomic E-state index is 0.0734. The van der Waals surface area contributed by atoms with Crippen LogP contribution in [-0.4, -0.2) is 30.9 Å². The molecule has 0 fully saturated rings. The lowest BCUT2D eigenvalue weighted by Gasteiger charge is -2.40. The number of rotatable bonds is 2. The highest BCUT2D eigenvalue weighted by molar-refractivity contribution is 5.65. The second-order valence-corrected chi connectivity index (χ2v) is 4.44. The van der Waals surface area contributed by atoms with E-state index >= 15 is 0 Å². The lowest BCUT2D eigenvalue weighted by atomic mass is 10.0. The van der Waals surface area contributed by atoms with E-state index < -0.39 is 0 Å². The fourth-order valence-electron chi connectivity index (χ4n) is 2.32. The Morgan fingerprint density at radius 1 is 1.44 bits per heavy atom. The van der Waals surface area contributed by atoms with Gasteiger partial charge >= 0.3 is 0 Å². The number of fused-ring (bicyclic) bond motifs is 1. The quantitative estimate of drug-likeness (QED) is 0.828. The molecule has 0 aromatic heterocycles. The molecule has 2 unspecified atom stereocenters. The summed E-state index contributed by atoms with van der Waals surface area (Å²) >= 11 is 0. The summed E-state index contributed by atoms with van der Waals surface area (Å²) in [6.07, 6.45) is 0.753. The number of hydrogen-bond acceptors (Lipinski definition) is 3. The van der Waals surface area contributed by atoms with Gasteiger partial charge in [0, 0.05) is 20.1 Å². The molecule has 1 aromatic rings. The van der Waals surface area contributed by atoms with Crippen LogP contribution >= 0.6 is 0 Å². The van der Waals surface area contributed by atoms with Crippen LogP contribution in [0.4, 0.5) is 5.69 Å². The van der Waals surface area contributed by atoms with Crippen LogP contribution in [0.1, 0.15) is 18.9 Å². The molecule has 1 aromatic carbocycles. The number of aliphatic hydroxyl groups is 1. The third-order valence-electron chi connectivity index (χ3n) is 3.39. The fourth-order valence-corrected chi connectivity index (χ4v) is 2.32. The Morgan fingerprint density at radius 3 is 2.88 bits per heavy atom. The zero-order chi connectivity index (χ0) is 11.7. The molecule has 1 aliphatic heterocycles. The van der Waals surface area contributed by atoms with Crippen molar-refractivity contribution in [2.75, 3.05) is 18.6 Å². The topological polar surface area (TPSA) is 32.7 Å². The molecule has 2 rings (SSSR count). The van der Waals surface area contributed by atoms with Crippen LogP contribution in [0, 0.1) is 6.92 Å². The van der Waals surface area contributed by atoms with Crippen LogP contribution in [0.3, 0.4) is 0 Å². The zero-order valence-electron chi connectivity index (χ0n) is 10.1. The molecule has 2 atom stereocenters. The van der Waals surface area contributed by atoms with E-state index in [4.69, 9.17) is 9.84 Å². The summed E-state index contributed by atoms with van der Waals surface area (Å²) in [6, 6.07) is 6.39. The molecule has 1 heterocycles. The Balaban J connectivity index is 2.36. The van der Waals surface area contributed by atoms with E-state index in [0.29, 0.717) is 12.5 Å². The molecule has 0 spiro atoms. The van der Waals surface area contributed by atoms with E-state index in [0.717, 1.165) is 5.75 Å². The predicted octanol–water partition coefficient (Wildman–Crippen LogP) is 1.96. The van der Waals surface area contributed by atoms with E-state index in [2.05, 4.69) is 31.9 Å². The molecule has 0 saturated heterocycles. The lowest BCUT2D eigenvalue weighted by molar-refractivity contribution is 0.124. The smallest absolute Gasteiger partial charge is 0.143 e. The van der Waals surface area contributed by atoms with Gasteiger partial charge in [0.15, 0.2) is 0 Å². The van der Waals surface area contributed by atoms with Crippen LogP contribution in [0.15, 0.2) is 18.2 Å². The molecule has 1 aliphatic rings. The standard InChI is InChI=1S/C13H19NO2/c1-9-5-4-6-12-13(9)14(3)10(2)11(16-12)7-8-15/h4-6,10-11,15H,7-8H2,1-3H3. The van der Waals surface area contributed by atoms with Crippen molar-refractivity contribution in [1.82, 2.24) is 0 Å². The van der Waals surface area contributed by atoms with Crippen molar-refractivity contribution >= 4 is 5.69 Å². The predicted molar refractivity (Wildman–Crippen MR) is 65.2 cm³/mol. The van der Waals surface area contributed by atoms with Crippen molar-refractivity contribution in [3.05, 3.63) is 23.8 Å². The number of anilines is 1. The van der Waals surface area contributed by atoms with Crippen LogP contribution in [-0.2, 0) is 0 Å². The number of aryl methyl sites for hydroxylation is 1. The molecule has 0 bridgehead atoms. The molecular weight excluding hydrogens is 202 g/mol. The number of ether oxygens (including phenoxy) is 1. The molecule has 3 nitrogen and oxygen atoms in total. The van der Waals surface area contributed by atoms with E-state index in [1.54, 1.807) is 0 Å². The molecule has 0 amide bonds. The average molecular weight is 221 g/mol. The first-order chi connectivity index (χ1) is 7.65. The highest BCUT2D eigenvalue weighted by Gasteiger charge is 2.30. The molecule has 1 N–H and O–H groups in total. The van der Waals surface area contributed by atoms with Crippen LogP contribution in [0.2, 0.25) is 0 Å². The molecular formula is C13H19NO2. The lowest BCUT2D eigenvalue weighted by Crippen LogP contribution is -2.46. The molecule has 0 aliphatic carbocycles. The van der Waals surface area contributed by atoms with Crippen molar-refractivity contribution in [3.63, 3.8) is 0 Å².